The van der Waals surface area contributed by atoms with Crippen LogP contribution < -0.4 is 5.32 Å². The topological polar surface area (TPSA) is 15.3 Å². The van der Waals surface area contributed by atoms with Gasteiger partial charge in [0, 0.05) is 25.7 Å². The average molecular weight is 268 g/mol. The summed E-state index contributed by atoms with van der Waals surface area (Å²) >= 11 is 0. The fourth-order valence-electron chi connectivity index (χ4n) is 3.10. The number of hydrogen-bond acceptors (Lipinski definition) is 2. The molecule has 2 nitrogen and oxygen atoms in total. The van der Waals surface area contributed by atoms with Crippen LogP contribution >= 0.6 is 0 Å². The first-order valence-electron chi connectivity index (χ1n) is 7.62. The van der Waals surface area contributed by atoms with Gasteiger partial charge < -0.3 is 10.2 Å². The second-order valence-corrected chi connectivity index (χ2v) is 6.14. The molecule has 1 N–H and O–H groups in total. The summed E-state index contributed by atoms with van der Waals surface area (Å²) in [5, 5.41) is 6.34. The van der Waals surface area contributed by atoms with Crippen molar-refractivity contribution in [3.8, 4) is 0 Å². The molecule has 0 radical (unpaired) electrons. The molecule has 2 heteroatoms. The molecule has 1 aliphatic heterocycles. The van der Waals surface area contributed by atoms with Crippen LogP contribution in [0.25, 0.3) is 10.8 Å². The van der Waals surface area contributed by atoms with E-state index >= 15 is 0 Å². The van der Waals surface area contributed by atoms with Crippen LogP contribution in [0.2, 0.25) is 0 Å². The van der Waals surface area contributed by atoms with E-state index in [1.807, 2.05) is 0 Å². The number of nitrogens with zero attached hydrogens (tertiary/aromatic N) is 1. The lowest BCUT2D eigenvalue weighted by molar-refractivity contribution is 0.232. The van der Waals surface area contributed by atoms with Gasteiger partial charge in [-0.2, -0.15) is 0 Å². The molecular weight excluding hydrogens is 244 g/mol. The molecule has 3 rings (SSSR count). The summed E-state index contributed by atoms with van der Waals surface area (Å²) in [6.45, 7) is 5.62. The van der Waals surface area contributed by atoms with Crippen LogP contribution in [0, 0.1) is 6.92 Å². The van der Waals surface area contributed by atoms with Crippen molar-refractivity contribution in [1.29, 1.82) is 0 Å². The Bertz CT molecular complexity index is 591. The van der Waals surface area contributed by atoms with Gasteiger partial charge in [0.25, 0.3) is 0 Å². The summed E-state index contributed by atoms with van der Waals surface area (Å²) in [4.78, 5) is 2.42. The molecule has 1 aliphatic rings. The molecule has 0 aromatic heterocycles. The highest BCUT2D eigenvalue weighted by atomic mass is 15.2. The fraction of sp³-hybridized carbons (Fsp3) is 0.444. The zero-order valence-corrected chi connectivity index (χ0v) is 12.5. The molecule has 2 aromatic carbocycles. The maximum atomic E-state index is 3.62. The predicted octanol–water partition coefficient (Wildman–Crippen LogP) is 2.98. The van der Waals surface area contributed by atoms with E-state index in [1.54, 1.807) is 0 Å². The van der Waals surface area contributed by atoms with E-state index < -0.39 is 0 Å². The molecule has 0 saturated carbocycles. The number of likely N-dealkylation sites (N-methyl/N-ethyl adjacent to an activating group) is 1. The highest BCUT2D eigenvalue weighted by Gasteiger charge is 2.15. The summed E-state index contributed by atoms with van der Waals surface area (Å²) in [5.74, 6) is 0. The van der Waals surface area contributed by atoms with Crippen molar-refractivity contribution in [3.63, 3.8) is 0 Å². The van der Waals surface area contributed by atoms with Gasteiger partial charge in [-0.25, -0.2) is 0 Å². The van der Waals surface area contributed by atoms with E-state index in [0.717, 1.165) is 13.0 Å². The average Bonchev–Trinajstić information content (AvgIpc) is 2.45. The summed E-state index contributed by atoms with van der Waals surface area (Å²) < 4.78 is 0. The smallest absolute Gasteiger partial charge is 0.0198 e. The molecule has 0 bridgehead atoms. The van der Waals surface area contributed by atoms with Crippen molar-refractivity contribution >= 4 is 10.8 Å². The van der Waals surface area contributed by atoms with Gasteiger partial charge in [0.05, 0.1) is 0 Å². The van der Waals surface area contributed by atoms with Crippen LogP contribution in [-0.2, 0) is 6.42 Å². The zero-order valence-electron chi connectivity index (χ0n) is 12.5. The lowest BCUT2D eigenvalue weighted by atomic mass is 10.00. The number of rotatable bonds is 3. The molecule has 1 unspecified atom stereocenters. The Morgan fingerprint density at radius 2 is 1.95 bits per heavy atom. The maximum Gasteiger partial charge on any atom is 0.0198 e. The minimum absolute atomic E-state index is 0.641. The van der Waals surface area contributed by atoms with E-state index in [9.17, 15) is 0 Å². The number of hydrogen-bond donors (Lipinski definition) is 1. The normalized spacial score (nSPS) is 20.4. The zero-order chi connectivity index (χ0) is 13.9. The van der Waals surface area contributed by atoms with Gasteiger partial charge in [0.2, 0.25) is 0 Å². The minimum Gasteiger partial charge on any atom is -0.311 e. The standard InChI is InChI=1S/C18H24N2/c1-14-3-6-17-12-15(4-7-16(17)11-14)5-8-18-13-20(2)10-9-19-18/h3-4,6-7,11-12,18-19H,5,8-10,13H2,1-2H3. The molecule has 1 heterocycles. The molecule has 106 valence electrons. The molecule has 20 heavy (non-hydrogen) atoms. The molecule has 0 aliphatic carbocycles. The Morgan fingerprint density at radius 3 is 2.80 bits per heavy atom. The third kappa shape index (κ3) is 3.20. The minimum atomic E-state index is 0.641. The van der Waals surface area contributed by atoms with Crippen molar-refractivity contribution < 1.29 is 0 Å². The van der Waals surface area contributed by atoms with E-state index in [1.165, 1.54) is 41.4 Å². The Balaban J connectivity index is 1.67. The van der Waals surface area contributed by atoms with Gasteiger partial charge in [0.15, 0.2) is 0 Å². The molecule has 2 aromatic rings. The number of aryl methyl sites for hydroxylation is 2. The fourth-order valence-corrected chi connectivity index (χ4v) is 3.10. The number of piperazine rings is 1. The Morgan fingerprint density at radius 1 is 1.15 bits per heavy atom. The Hall–Kier alpha value is -1.38. The summed E-state index contributed by atoms with van der Waals surface area (Å²) in [7, 11) is 2.21. The third-order valence-corrected chi connectivity index (χ3v) is 4.30. The number of benzene rings is 2. The SMILES string of the molecule is Cc1ccc2cc(CCC3CN(C)CCN3)ccc2c1. The van der Waals surface area contributed by atoms with Crippen LogP contribution in [0.4, 0.5) is 0 Å². The lowest BCUT2D eigenvalue weighted by Gasteiger charge is -2.30. The molecular formula is C18H24N2. The van der Waals surface area contributed by atoms with Crippen LogP contribution in [0.15, 0.2) is 36.4 Å². The second-order valence-electron chi connectivity index (χ2n) is 6.14. The summed E-state index contributed by atoms with van der Waals surface area (Å²) in [6, 6.07) is 14.2. The Kier molecular flexibility index (Phi) is 4.04. The molecule has 1 fully saturated rings. The van der Waals surface area contributed by atoms with Crippen molar-refractivity contribution in [2.75, 3.05) is 26.7 Å². The second kappa shape index (κ2) is 5.94. The molecule has 1 atom stereocenters. The van der Waals surface area contributed by atoms with Crippen LogP contribution in [0.3, 0.4) is 0 Å². The summed E-state index contributed by atoms with van der Waals surface area (Å²) in [6.07, 6.45) is 2.39. The maximum absolute atomic E-state index is 3.62. The van der Waals surface area contributed by atoms with E-state index in [-0.39, 0.29) is 0 Å². The first-order chi connectivity index (χ1) is 9.70. The quantitative estimate of drug-likeness (QED) is 0.920. The van der Waals surface area contributed by atoms with Gasteiger partial charge in [0.1, 0.15) is 0 Å². The van der Waals surface area contributed by atoms with Gasteiger partial charge in [-0.15, -0.1) is 0 Å². The van der Waals surface area contributed by atoms with E-state index in [2.05, 4.69) is 60.6 Å². The molecule has 0 amide bonds. The highest BCUT2D eigenvalue weighted by Crippen LogP contribution is 2.19. The molecule has 0 spiro atoms. The number of fused-ring (bicyclic) bond motifs is 1. The van der Waals surface area contributed by atoms with Crippen molar-refractivity contribution in [3.05, 3.63) is 47.5 Å². The van der Waals surface area contributed by atoms with E-state index in [0.29, 0.717) is 6.04 Å². The van der Waals surface area contributed by atoms with E-state index in [4.69, 9.17) is 0 Å². The van der Waals surface area contributed by atoms with Crippen LogP contribution in [-0.4, -0.2) is 37.6 Å². The van der Waals surface area contributed by atoms with Gasteiger partial charge in [-0.3, -0.25) is 0 Å². The monoisotopic (exact) mass is 268 g/mol. The first kappa shape index (κ1) is 13.6. The Labute approximate surface area is 121 Å². The highest BCUT2D eigenvalue weighted by molar-refractivity contribution is 5.83. The predicted molar refractivity (Wildman–Crippen MR) is 86.3 cm³/mol. The molecule has 1 saturated heterocycles. The van der Waals surface area contributed by atoms with Gasteiger partial charge >= 0.3 is 0 Å². The van der Waals surface area contributed by atoms with Crippen molar-refractivity contribution in [2.45, 2.75) is 25.8 Å². The largest absolute Gasteiger partial charge is 0.311 e. The first-order valence-corrected chi connectivity index (χ1v) is 7.62. The van der Waals surface area contributed by atoms with Crippen LogP contribution in [0.5, 0.6) is 0 Å². The van der Waals surface area contributed by atoms with Crippen molar-refractivity contribution in [2.24, 2.45) is 0 Å². The number of nitrogens with one attached hydrogen (secondary N) is 1. The van der Waals surface area contributed by atoms with Gasteiger partial charge in [-0.1, -0.05) is 42.0 Å². The van der Waals surface area contributed by atoms with Crippen LogP contribution in [0.1, 0.15) is 17.5 Å². The lowest BCUT2D eigenvalue weighted by Crippen LogP contribution is -2.49. The van der Waals surface area contributed by atoms with Gasteiger partial charge in [-0.05, 0) is 43.1 Å². The van der Waals surface area contributed by atoms with Crippen molar-refractivity contribution in [1.82, 2.24) is 10.2 Å². The third-order valence-electron chi connectivity index (χ3n) is 4.30. The summed E-state index contributed by atoms with van der Waals surface area (Å²) in [5.41, 5.74) is 2.79.